The van der Waals surface area contributed by atoms with E-state index in [9.17, 15) is 9.59 Å². The topological polar surface area (TPSA) is 94.7 Å². The number of nitrogens with one attached hydrogen (secondary N) is 1. The molecular formula is C23H22N6O2. The van der Waals surface area contributed by atoms with Gasteiger partial charge >= 0.3 is 5.69 Å². The van der Waals surface area contributed by atoms with E-state index >= 15 is 0 Å². The van der Waals surface area contributed by atoms with Crippen LogP contribution in [0.4, 0.5) is 0 Å². The summed E-state index contributed by atoms with van der Waals surface area (Å²) in [5.74, 6) is 0.643. The molecule has 8 nitrogen and oxygen atoms in total. The molecule has 5 rings (SSSR count). The highest BCUT2D eigenvalue weighted by atomic mass is 16.2. The Morgan fingerprint density at radius 3 is 2.77 bits per heavy atom. The largest absolute Gasteiger partial charge is 0.349 e. The fourth-order valence-electron chi connectivity index (χ4n) is 4.14. The zero-order chi connectivity index (χ0) is 21.4. The van der Waals surface area contributed by atoms with Crippen LogP contribution >= 0.6 is 0 Å². The van der Waals surface area contributed by atoms with Crippen molar-refractivity contribution in [3.8, 4) is 11.3 Å². The second-order valence-electron chi connectivity index (χ2n) is 7.78. The van der Waals surface area contributed by atoms with Crippen molar-refractivity contribution < 1.29 is 4.79 Å². The first-order chi connectivity index (χ1) is 15.1. The molecule has 8 heteroatoms. The number of fused-ring (bicyclic) bond motifs is 2. The summed E-state index contributed by atoms with van der Waals surface area (Å²) in [6, 6.07) is 13.2. The average molecular weight is 414 g/mol. The van der Waals surface area contributed by atoms with Gasteiger partial charge < -0.3 is 5.32 Å². The molecule has 0 spiro atoms. The third kappa shape index (κ3) is 3.61. The van der Waals surface area contributed by atoms with Crippen LogP contribution in [0, 0.1) is 0 Å². The van der Waals surface area contributed by atoms with E-state index < -0.39 is 0 Å². The number of para-hydroxylation sites is 1. The number of hydrogen-bond acceptors (Lipinski definition) is 5. The van der Waals surface area contributed by atoms with E-state index in [1.54, 1.807) is 24.0 Å². The molecule has 1 aliphatic heterocycles. The van der Waals surface area contributed by atoms with Gasteiger partial charge in [0.1, 0.15) is 5.82 Å². The number of carbonyl (C=O) groups is 1. The van der Waals surface area contributed by atoms with Gasteiger partial charge in [0.25, 0.3) is 5.91 Å². The molecular weight excluding hydrogens is 392 g/mol. The maximum Gasteiger partial charge on any atom is 0.345 e. The summed E-state index contributed by atoms with van der Waals surface area (Å²) < 4.78 is 3.08. The molecule has 4 heterocycles. The van der Waals surface area contributed by atoms with Gasteiger partial charge in [-0.15, -0.1) is 0 Å². The molecule has 1 unspecified atom stereocenters. The van der Waals surface area contributed by atoms with Crippen LogP contribution in [0.5, 0.6) is 0 Å². The monoisotopic (exact) mass is 414 g/mol. The van der Waals surface area contributed by atoms with Crippen LogP contribution in [0.3, 0.4) is 0 Å². The molecule has 31 heavy (non-hydrogen) atoms. The van der Waals surface area contributed by atoms with E-state index in [-0.39, 0.29) is 17.6 Å². The normalized spacial score (nSPS) is 16.0. The van der Waals surface area contributed by atoms with Crippen molar-refractivity contribution in [3.63, 3.8) is 0 Å². The third-order valence-electron chi connectivity index (χ3n) is 5.77. The van der Waals surface area contributed by atoms with Crippen LogP contribution in [0.15, 0.2) is 59.7 Å². The Balaban J connectivity index is 1.44. The van der Waals surface area contributed by atoms with Crippen molar-refractivity contribution in [2.45, 2.75) is 31.8 Å². The molecule has 156 valence electrons. The van der Waals surface area contributed by atoms with Crippen LogP contribution in [0.25, 0.3) is 22.2 Å². The number of benzene rings is 1. The number of amides is 1. The van der Waals surface area contributed by atoms with E-state index in [1.807, 2.05) is 42.5 Å². The second kappa shape index (κ2) is 7.79. The molecule has 1 amide bonds. The van der Waals surface area contributed by atoms with Crippen molar-refractivity contribution >= 4 is 16.8 Å². The van der Waals surface area contributed by atoms with Gasteiger partial charge in [0, 0.05) is 49.4 Å². The molecule has 1 aromatic carbocycles. The summed E-state index contributed by atoms with van der Waals surface area (Å²) in [4.78, 5) is 34.3. The fourth-order valence-corrected chi connectivity index (χ4v) is 4.14. The van der Waals surface area contributed by atoms with Crippen molar-refractivity contribution in [1.82, 2.24) is 29.6 Å². The lowest BCUT2D eigenvalue weighted by Gasteiger charge is -2.17. The lowest BCUT2D eigenvalue weighted by atomic mass is 10.0. The van der Waals surface area contributed by atoms with E-state index in [4.69, 9.17) is 4.98 Å². The Hall–Kier alpha value is -3.81. The number of aromatic nitrogens is 5. The zero-order valence-electron chi connectivity index (χ0n) is 17.2. The van der Waals surface area contributed by atoms with Crippen molar-refractivity contribution in [2.24, 2.45) is 7.05 Å². The van der Waals surface area contributed by atoms with E-state index in [0.29, 0.717) is 24.9 Å². The summed E-state index contributed by atoms with van der Waals surface area (Å²) in [7, 11) is 1.66. The highest BCUT2D eigenvalue weighted by Gasteiger charge is 2.23. The number of pyridine rings is 2. The lowest BCUT2D eigenvalue weighted by Crippen LogP contribution is -2.36. The Labute approximate surface area is 178 Å². The van der Waals surface area contributed by atoms with Crippen molar-refractivity contribution in [1.29, 1.82) is 0 Å². The molecule has 1 aliphatic rings. The van der Waals surface area contributed by atoms with Crippen molar-refractivity contribution in [2.75, 3.05) is 0 Å². The van der Waals surface area contributed by atoms with Crippen LogP contribution in [-0.2, 0) is 20.0 Å². The smallest absolute Gasteiger partial charge is 0.345 e. The Bertz CT molecular complexity index is 1330. The van der Waals surface area contributed by atoms with Crippen LogP contribution in [-0.4, -0.2) is 36.3 Å². The first-order valence-corrected chi connectivity index (χ1v) is 10.3. The van der Waals surface area contributed by atoms with E-state index in [0.717, 1.165) is 34.4 Å². The van der Waals surface area contributed by atoms with Crippen LogP contribution in [0.2, 0.25) is 0 Å². The van der Waals surface area contributed by atoms with Gasteiger partial charge in [0.05, 0.1) is 16.8 Å². The van der Waals surface area contributed by atoms with Gasteiger partial charge in [-0.1, -0.05) is 18.2 Å². The Kier molecular flexibility index (Phi) is 4.82. The molecule has 3 aromatic heterocycles. The van der Waals surface area contributed by atoms with Gasteiger partial charge in [-0.05, 0) is 37.1 Å². The van der Waals surface area contributed by atoms with E-state index in [2.05, 4.69) is 15.4 Å². The lowest BCUT2D eigenvalue weighted by molar-refractivity contribution is 0.0934. The quantitative estimate of drug-likeness (QED) is 0.555. The molecule has 0 saturated carbocycles. The summed E-state index contributed by atoms with van der Waals surface area (Å²) in [5.41, 5.74) is 2.90. The molecule has 0 fully saturated rings. The zero-order valence-corrected chi connectivity index (χ0v) is 17.2. The molecule has 1 N–H and O–H groups in total. The molecule has 4 aromatic rings. The maximum absolute atomic E-state index is 13.3. The minimum Gasteiger partial charge on any atom is -0.349 e. The number of aryl methyl sites for hydroxylation is 2. The highest BCUT2D eigenvalue weighted by Crippen LogP contribution is 2.25. The van der Waals surface area contributed by atoms with Gasteiger partial charge in [0.15, 0.2) is 0 Å². The van der Waals surface area contributed by atoms with Gasteiger partial charge in [0.2, 0.25) is 0 Å². The number of carbonyl (C=O) groups excluding carboxylic acids is 1. The molecule has 1 atom stereocenters. The second-order valence-corrected chi connectivity index (χ2v) is 7.78. The summed E-state index contributed by atoms with van der Waals surface area (Å²) in [6.45, 7) is 0.548. The Morgan fingerprint density at radius 2 is 1.94 bits per heavy atom. The summed E-state index contributed by atoms with van der Waals surface area (Å²) >= 11 is 0. The highest BCUT2D eigenvalue weighted by molar-refractivity contribution is 6.07. The summed E-state index contributed by atoms with van der Waals surface area (Å²) in [5, 5.41) is 8.30. The molecule has 0 bridgehead atoms. The van der Waals surface area contributed by atoms with Crippen molar-refractivity contribution in [3.05, 3.63) is 76.7 Å². The Morgan fingerprint density at radius 1 is 1.13 bits per heavy atom. The first kappa shape index (κ1) is 19.2. The molecule has 0 aliphatic carbocycles. The maximum atomic E-state index is 13.3. The minimum atomic E-state index is -0.133. The first-order valence-electron chi connectivity index (χ1n) is 10.3. The minimum absolute atomic E-state index is 0.0322. The number of nitrogens with zero attached hydrogens (tertiary/aromatic N) is 5. The molecule has 0 saturated heterocycles. The van der Waals surface area contributed by atoms with Gasteiger partial charge in [-0.3, -0.25) is 14.3 Å². The van der Waals surface area contributed by atoms with E-state index in [1.165, 1.54) is 4.68 Å². The third-order valence-corrected chi connectivity index (χ3v) is 5.77. The standard InChI is InChI=1S/C23H22N6O2/c1-28-23(31)29-13-10-16(6-7-21(29)27-28)25-22(30)18-14-20(15-8-11-24-12-9-15)26-19-5-3-2-4-17(18)19/h2-5,8-9,11-12,14,16H,6-7,10,13H2,1H3,(H,25,30). The van der Waals surface area contributed by atoms with Gasteiger partial charge in [-0.25, -0.2) is 14.5 Å². The predicted molar refractivity (Wildman–Crippen MR) is 117 cm³/mol. The SMILES string of the molecule is Cn1nc2n(c1=O)CCC(NC(=O)c1cc(-c3ccncc3)nc3ccccc13)CC2. The van der Waals surface area contributed by atoms with Gasteiger partial charge in [-0.2, -0.15) is 5.10 Å². The van der Waals surface area contributed by atoms with Crippen LogP contribution in [0.1, 0.15) is 29.0 Å². The number of rotatable bonds is 3. The van der Waals surface area contributed by atoms with Crippen LogP contribution < -0.4 is 11.0 Å². The molecule has 0 radical (unpaired) electrons. The fraction of sp³-hybridized carbons (Fsp3) is 0.261. The summed E-state index contributed by atoms with van der Waals surface area (Å²) in [6.07, 6.45) is 5.50. The predicted octanol–water partition coefficient (Wildman–Crippen LogP) is 2.33. The average Bonchev–Trinajstić information content (AvgIpc) is 2.95. The number of hydrogen-bond donors (Lipinski definition) is 1.